The third kappa shape index (κ3) is 4.74. The van der Waals surface area contributed by atoms with Gasteiger partial charge >= 0.3 is 0 Å². The van der Waals surface area contributed by atoms with Crippen molar-refractivity contribution in [3.8, 4) is 11.8 Å². The second-order valence-electron chi connectivity index (χ2n) is 4.28. The van der Waals surface area contributed by atoms with Gasteiger partial charge in [-0.15, -0.1) is 5.73 Å². The lowest BCUT2D eigenvalue weighted by molar-refractivity contribution is -0.384. The van der Waals surface area contributed by atoms with Crippen LogP contribution in [-0.2, 0) is 0 Å². The number of benzene rings is 1. The van der Waals surface area contributed by atoms with Gasteiger partial charge in [0.1, 0.15) is 6.10 Å². The second kappa shape index (κ2) is 7.96. The molecule has 4 nitrogen and oxygen atoms in total. The zero-order valence-corrected chi connectivity index (χ0v) is 11.4. The van der Waals surface area contributed by atoms with Crippen LogP contribution in [0.2, 0.25) is 0 Å². The van der Waals surface area contributed by atoms with Gasteiger partial charge in [-0.2, -0.15) is 0 Å². The molecule has 0 bridgehead atoms. The van der Waals surface area contributed by atoms with E-state index in [1.165, 1.54) is 12.1 Å². The topological polar surface area (TPSA) is 63.4 Å². The summed E-state index contributed by atoms with van der Waals surface area (Å²) in [7, 11) is 0. The molecule has 0 aromatic heterocycles. The molecular weight excluding hydrogens is 254 g/mol. The van der Waals surface area contributed by atoms with Crippen LogP contribution in [0, 0.1) is 22.0 Å². The minimum absolute atomic E-state index is 0.0192. The first-order valence-corrected chi connectivity index (χ1v) is 6.41. The summed E-state index contributed by atoms with van der Waals surface area (Å²) < 4.78 is 0. The quantitative estimate of drug-likeness (QED) is 0.387. The predicted octanol–water partition coefficient (Wildman–Crippen LogP) is 3.21. The summed E-state index contributed by atoms with van der Waals surface area (Å²) in [6, 6.07) is 5.89. The number of non-ortho nitro benzene ring substituents is 1. The molecule has 0 heterocycles. The summed E-state index contributed by atoms with van der Waals surface area (Å²) in [5.41, 5.74) is 4.04. The average Bonchev–Trinajstić information content (AvgIpc) is 2.46. The first-order chi connectivity index (χ1) is 9.58. The highest BCUT2D eigenvalue weighted by atomic mass is 16.6. The van der Waals surface area contributed by atoms with Gasteiger partial charge in [0.05, 0.1) is 4.92 Å². The highest BCUT2D eigenvalue weighted by Crippen LogP contribution is 2.12. The van der Waals surface area contributed by atoms with Crippen molar-refractivity contribution in [1.29, 1.82) is 0 Å². The van der Waals surface area contributed by atoms with E-state index >= 15 is 0 Å². The van der Waals surface area contributed by atoms with Crippen molar-refractivity contribution in [3.63, 3.8) is 0 Å². The number of aliphatic hydroxyl groups excluding tert-OH is 1. The van der Waals surface area contributed by atoms with Crippen LogP contribution in [0.1, 0.15) is 31.7 Å². The largest absolute Gasteiger partial charge is 0.376 e. The zero-order chi connectivity index (χ0) is 15.0. The number of nitrogens with zero attached hydrogens (tertiary/aromatic N) is 1. The molecule has 0 amide bonds. The van der Waals surface area contributed by atoms with Crippen molar-refractivity contribution < 1.29 is 10.0 Å². The predicted molar refractivity (Wildman–Crippen MR) is 78.2 cm³/mol. The standard InChI is InChI=1S/C16H17NO3/c1-3-5-6-14(4-2)16(18)12-9-13-7-10-15(11-8-13)17(19)20/h7-8,10-11,16,18H,2-3,5-6H2,1H3/t16-/m1/s1. The Balaban J connectivity index is 2.77. The number of hydrogen-bond acceptors (Lipinski definition) is 3. The Morgan fingerprint density at radius 2 is 2.10 bits per heavy atom. The fourth-order valence-electron chi connectivity index (χ4n) is 1.59. The van der Waals surface area contributed by atoms with Crippen molar-refractivity contribution >= 4 is 5.69 Å². The lowest BCUT2D eigenvalue weighted by Gasteiger charge is -2.05. The highest BCUT2D eigenvalue weighted by molar-refractivity contribution is 5.42. The van der Waals surface area contributed by atoms with Crippen LogP contribution in [0.4, 0.5) is 5.69 Å². The maximum atomic E-state index is 10.5. The van der Waals surface area contributed by atoms with Crippen LogP contribution in [0.15, 0.2) is 42.1 Å². The van der Waals surface area contributed by atoms with Crippen LogP contribution < -0.4 is 0 Å². The van der Waals surface area contributed by atoms with Crippen LogP contribution in [0.3, 0.4) is 0 Å². The molecule has 0 aliphatic carbocycles. The summed E-state index contributed by atoms with van der Waals surface area (Å²) in [5.74, 6) is 5.49. The fraction of sp³-hybridized carbons (Fsp3) is 0.312. The normalized spacial score (nSPS) is 10.9. The summed E-state index contributed by atoms with van der Waals surface area (Å²) in [4.78, 5) is 10.1. The van der Waals surface area contributed by atoms with Crippen molar-refractivity contribution in [2.24, 2.45) is 0 Å². The molecular formula is C16H17NO3. The lowest BCUT2D eigenvalue weighted by Crippen LogP contribution is -2.06. The summed E-state index contributed by atoms with van der Waals surface area (Å²) in [6.07, 6.45) is 1.80. The number of hydrogen-bond donors (Lipinski definition) is 1. The average molecular weight is 271 g/mol. The van der Waals surface area contributed by atoms with Gasteiger partial charge in [-0.3, -0.25) is 10.1 Å². The molecule has 0 radical (unpaired) electrons. The molecule has 1 aromatic rings. The summed E-state index contributed by atoms with van der Waals surface area (Å²) >= 11 is 0. The molecule has 0 unspecified atom stereocenters. The lowest BCUT2D eigenvalue weighted by atomic mass is 10.0. The molecule has 1 rings (SSSR count). The summed E-state index contributed by atoms with van der Waals surface area (Å²) in [6.45, 7) is 5.62. The monoisotopic (exact) mass is 271 g/mol. The number of unbranched alkanes of at least 4 members (excludes halogenated alkanes) is 1. The highest BCUT2D eigenvalue weighted by Gasteiger charge is 2.06. The van der Waals surface area contributed by atoms with E-state index < -0.39 is 11.0 Å². The smallest absolute Gasteiger partial charge is 0.269 e. The Kier molecular flexibility index (Phi) is 6.25. The van der Waals surface area contributed by atoms with Crippen LogP contribution in [0.5, 0.6) is 0 Å². The van der Waals surface area contributed by atoms with Crippen molar-refractivity contribution in [3.05, 3.63) is 57.8 Å². The second-order valence-corrected chi connectivity index (χ2v) is 4.28. The van der Waals surface area contributed by atoms with E-state index in [-0.39, 0.29) is 5.69 Å². The Hall–Kier alpha value is -2.34. The minimum Gasteiger partial charge on any atom is -0.376 e. The van der Waals surface area contributed by atoms with Gasteiger partial charge in [0.2, 0.25) is 0 Å². The van der Waals surface area contributed by atoms with Gasteiger partial charge in [0.15, 0.2) is 0 Å². The molecule has 0 fully saturated rings. The molecule has 0 saturated carbocycles. The van der Waals surface area contributed by atoms with Gasteiger partial charge in [-0.05, 0) is 25.0 Å². The molecule has 0 spiro atoms. The van der Waals surface area contributed by atoms with Gasteiger partial charge in [0.25, 0.3) is 5.69 Å². The van der Waals surface area contributed by atoms with Crippen LogP contribution in [0.25, 0.3) is 0 Å². The Morgan fingerprint density at radius 1 is 1.45 bits per heavy atom. The minimum atomic E-state index is -0.894. The number of nitro groups is 1. The number of aliphatic hydroxyl groups is 1. The molecule has 20 heavy (non-hydrogen) atoms. The van der Waals surface area contributed by atoms with E-state index in [1.807, 2.05) is 0 Å². The van der Waals surface area contributed by atoms with Gasteiger partial charge < -0.3 is 5.11 Å². The molecule has 0 saturated heterocycles. The van der Waals surface area contributed by atoms with Crippen LogP contribution >= 0.6 is 0 Å². The van der Waals surface area contributed by atoms with Crippen LogP contribution in [-0.4, -0.2) is 16.1 Å². The fourth-order valence-corrected chi connectivity index (χ4v) is 1.59. The molecule has 0 aliphatic rings. The van der Waals surface area contributed by atoms with Crippen molar-refractivity contribution in [1.82, 2.24) is 0 Å². The Labute approximate surface area is 118 Å². The third-order valence-electron chi connectivity index (χ3n) is 2.79. The van der Waals surface area contributed by atoms with Gasteiger partial charge in [-0.1, -0.05) is 31.8 Å². The molecule has 1 atom stereocenters. The van der Waals surface area contributed by atoms with Gasteiger partial charge in [0, 0.05) is 23.3 Å². The van der Waals surface area contributed by atoms with Gasteiger partial charge in [-0.25, -0.2) is 0 Å². The Bertz CT molecular complexity index is 572. The molecule has 1 aromatic carbocycles. The Morgan fingerprint density at radius 3 is 2.60 bits per heavy atom. The van der Waals surface area contributed by atoms with E-state index in [2.05, 4.69) is 31.1 Å². The molecule has 4 heteroatoms. The maximum absolute atomic E-state index is 10.5. The first kappa shape index (κ1) is 15.7. The molecule has 104 valence electrons. The molecule has 1 N–H and O–H groups in total. The molecule has 0 aliphatic heterocycles. The van der Waals surface area contributed by atoms with E-state index in [0.29, 0.717) is 11.1 Å². The first-order valence-electron chi connectivity index (χ1n) is 6.41. The zero-order valence-electron chi connectivity index (χ0n) is 11.4. The third-order valence-corrected chi connectivity index (χ3v) is 2.79. The number of rotatable bonds is 5. The van der Waals surface area contributed by atoms with E-state index in [0.717, 1.165) is 19.3 Å². The number of nitro benzene ring substituents is 1. The van der Waals surface area contributed by atoms with E-state index in [4.69, 9.17) is 0 Å². The maximum Gasteiger partial charge on any atom is 0.269 e. The summed E-state index contributed by atoms with van der Waals surface area (Å²) in [5, 5.41) is 20.4. The van der Waals surface area contributed by atoms with E-state index in [1.54, 1.807) is 12.1 Å². The van der Waals surface area contributed by atoms with Crippen molar-refractivity contribution in [2.75, 3.05) is 0 Å². The van der Waals surface area contributed by atoms with Crippen molar-refractivity contribution in [2.45, 2.75) is 32.3 Å². The SMILES string of the molecule is C=C=C(CCCC)[C@H](O)C#Cc1ccc([N+](=O)[O-])cc1. The van der Waals surface area contributed by atoms with E-state index in [9.17, 15) is 15.2 Å².